The maximum absolute atomic E-state index is 13.0. The molecule has 0 bridgehead atoms. The highest BCUT2D eigenvalue weighted by Gasteiger charge is 2.30. The molecule has 0 saturated carbocycles. The van der Waals surface area contributed by atoms with Crippen LogP contribution in [0.1, 0.15) is 36.3 Å². The molecule has 2 unspecified atom stereocenters. The lowest BCUT2D eigenvalue weighted by molar-refractivity contribution is -0.137. The van der Waals surface area contributed by atoms with Gasteiger partial charge in [-0.05, 0) is 43.2 Å². The minimum Gasteiger partial charge on any atom is -0.469 e. The van der Waals surface area contributed by atoms with Crippen molar-refractivity contribution in [3.05, 3.63) is 59.5 Å². The molecule has 0 aliphatic carbocycles. The quantitative estimate of drug-likeness (QED) is 0.532. The predicted octanol–water partition coefficient (Wildman–Crippen LogP) is 4.17. The van der Waals surface area contributed by atoms with Crippen molar-refractivity contribution in [3.8, 4) is 0 Å². The largest absolute Gasteiger partial charge is 0.469 e. The molecular weight excluding hydrogens is 383 g/mol. The minimum absolute atomic E-state index is 0.341. The summed E-state index contributed by atoms with van der Waals surface area (Å²) < 4.78 is 49.7. The van der Waals surface area contributed by atoms with E-state index >= 15 is 0 Å². The highest BCUT2D eigenvalue weighted by atomic mass is 19.4. The number of hydrogen-bond acceptors (Lipinski definition) is 3. The first-order valence-electron chi connectivity index (χ1n) is 9.74. The summed E-state index contributed by atoms with van der Waals surface area (Å²) in [5.74, 6) is 1.78. The molecule has 0 radical (unpaired) electrons. The Morgan fingerprint density at radius 1 is 1.28 bits per heavy atom. The van der Waals surface area contributed by atoms with Crippen LogP contribution in [0.2, 0.25) is 0 Å². The Morgan fingerprint density at radius 3 is 2.83 bits per heavy atom. The second kappa shape index (κ2) is 9.82. The Bertz CT molecular complexity index is 785. The molecule has 8 heteroatoms. The van der Waals surface area contributed by atoms with Crippen molar-refractivity contribution in [1.29, 1.82) is 0 Å². The smallest absolute Gasteiger partial charge is 0.416 e. The zero-order valence-corrected chi connectivity index (χ0v) is 16.3. The number of benzene rings is 1. The van der Waals surface area contributed by atoms with Crippen LogP contribution in [-0.4, -0.2) is 32.3 Å². The average Bonchev–Trinajstić information content (AvgIpc) is 3.39. The molecule has 1 aliphatic rings. The molecule has 1 aromatic heterocycles. The molecule has 29 heavy (non-hydrogen) atoms. The van der Waals surface area contributed by atoms with Gasteiger partial charge >= 0.3 is 6.18 Å². The summed E-state index contributed by atoms with van der Waals surface area (Å²) in [6.07, 6.45) is -1.10. The van der Waals surface area contributed by atoms with Gasteiger partial charge in [0.05, 0.1) is 24.5 Å². The van der Waals surface area contributed by atoms with E-state index in [1.165, 1.54) is 12.1 Å². The molecule has 158 valence electrons. The lowest BCUT2D eigenvalue weighted by Gasteiger charge is -2.20. The van der Waals surface area contributed by atoms with Gasteiger partial charge in [0.15, 0.2) is 5.96 Å². The number of furan rings is 1. The normalized spacial score (nSPS) is 18.6. The van der Waals surface area contributed by atoms with Crippen molar-refractivity contribution in [2.45, 2.75) is 32.0 Å². The summed E-state index contributed by atoms with van der Waals surface area (Å²) >= 11 is 0. The van der Waals surface area contributed by atoms with E-state index in [1.807, 2.05) is 19.1 Å². The van der Waals surface area contributed by atoms with Gasteiger partial charge in [0.25, 0.3) is 0 Å². The second-order valence-corrected chi connectivity index (χ2v) is 7.16. The summed E-state index contributed by atoms with van der Waals surface area (Å²) in [7, 11) is 0. The van der Waals surface area contributed by atoms with Crippen LogP contribution in [0.15, 0.2) is 52.1 Å². The zero-order chi connectivity index (χ0) is 20.7. The lowest BCUT2D eigenvalue weighted by Crippen LogP contribution is -2.40. The van der Waals surface area contributed by atoms with E-state index in [4.69, 9.17) is 9.15 Å². The average molecular weight is 409 g/mol. The number of aliphatic imine (C=N–C) groups is 1. The van der Waals surface area contributed by atoms with Crippen LogP contribution >= 0.6 is 0 Å². The van der Waals surface area contributed by atoms with Crippen LogP contribution < -0.4 is 10.6 Å². The summed E-state index contributed by atoms with van der Waals surface area (Å²) in [5, 5.41) is 6.46. The number of hydrogen-bond donors (Lipinski definition) is 2. The lowest BCUT2D eigenvalue weighted by atomic mass is 10.1. The standard InChI is InChI=1S/C21H26F3N3O2/c1-15(17-4-2-5-18(12-17)21(22,23)24)27-20(26-13-16-8-11-28-14-16)25-9-7-19-6-3-10-29-19/h2-6,10,12,15-16H,7-9,11,13-14H2,1H3,(H2,25,26,27). The maximum atomic E-state index is 13.0. The number of halogens is 3. The molecule has 3 rings (SSSR count). The van der Waals surface area contributed by atoms with E-state index in [2.05, 4.69) is 15.6 Å². The zero-order valence-electron chi connectivity index (χ0n) is 16.3. The SMILES string of the molecule is CC(NC(=NCC1CCOC1)NCCc1ccco1)c1cccc(C(F)(F)F)c1. The highest BCUT2D eigenvalue weighted by Crippen LogP contribution is 2.30. The number of ether oxygens (including phenoxy) is 1. The Balaban J connectivity index is 1.64. The molecule has 2 atom stereocenters. The van der Waals surface area contributed by atoms with Gasteiger partial charge in [0.1, 0.15) is 5.76 Å². The topological polar surface area (TPSA) is 58.8 Å². The predicted molar refractivity (Wildman–Crippen MR) is 105 cm³/mol. The second-order valence-electron chi connectivity index (χ2n) is 7.16. The molecule has 1 aliphatic heterocycles. The molecule has 2 heterocycles. The van der Waals surface area contributed by atoms with Gasteiger partial charge in [0.2, 0.25) is 0 Å². The summed E-state index contributed by atoms with van der Waals surface area (Å²) in [4.78, 5) is 4.62. The Kier molecular flexibility index (Phi) is 7.19. The van der Waals surface area contributed by atoms with Crippen molar-refractivity contribution in [2.75, 3.05) is 26.3 Å². The van der Waals surface area contributed by atoms with Crippen molar-refractivity contribution < 1.29 is 22.3 Å². The maximum Gasteiger partial charge on any atom is 0.416 e. The van der Waals surface area contributed by atoms with Crippen LogP contribution in [0.4, 0.5) is 13.2 Å². The summed E-state index contributed by atoms with van der Waals surface area (Å²) in [6.45, 7) is 4.45. The fourth-order valence-electron chi connectivity index (χ4n) is 3.13. The van der Waals surface area contributed by atoms with E-state index in [1.54, 1.807) is 12.3 Å². The van der Waals surface area contributed by atoms with Gasteiger partial charge in [-0.15, -0.1) is 0 Å². The molecule has 1 fully saturated rings. The van der Waals surface area contributed by atoms with Crippen molar-refractivity contribution in [1.82, 2.24) is 10.6 Å². The van der Waals surface area contributed by atoms with Crippen molar-refractivity contribution in [2.24, 2.45) is 10.9 Å². The van der Waals surface area contributed by atoms with Gasteiger partial charge in [-0.1, -0.05) is 12.1 Å². The highest BCUT2D eigenvalue weighted by molar-refractivity contribution is 5.80. The molecule has 1 aromatic carbocycles. The van der Waals surface area contributed by atoms with E-state index in [0.29, 0.717) is 43.6 Å². The van der Waals surface area contributed by atoms with Gasteiger partial charge < -0.3 is 19.8 Å². The van der Waals surface area contributed by atoms with E-state index in [0.717, 1.165) is 24.9 Å². The third-order valence-corrected chi connectivity index (χ3v) is 4.84. The van der Waals surface area contributed by atoms with Crippen LogP contribution in [0, 0.1) is 5.92 Å². The van der Waals surface area contributed by atoms with Gasteiger partial charge in [-0.25, -0.2) is 0 Å². The molecule has 1 saturated heterocycles. The fourth-order valence-corrected chi connectivity index (χ4v) is 3.13. The number of rotatable bonds is 7. The van der Waals surface area contributed by atoms with Gasteiger partial charge in [-0.3, -0.25) is 4.99 Å². The molecule has 2 aromatic rings. The van der Waals surface area contributed by atoms with Crippen LogP contribution in [0.25, 0.3) is 0 Å². The Morgan fingerprint density at radius 2 is 2.14 bits per heavy atom. The first-order valence-corrected chi connectivity index (χ1v) is 9.74. The number of guanidine groups is 1. The first-order chi connectivity index (χ1) is 13.9. The molecule has 0 spiro atoms. The van der Waals surface area contributed by atoms with E-state index in [-0.39, 0.29) is 6.04 Å². The third-order valence-electron chi connectivity index (χ3n) is 4.84. The van der Waals surface area contributed by atoms with Gasteiger partial charge in [-0.2, -0.15) is 13.2 Å². The van der Waals surface area contributed by atoms with E-state index in [9.17, 15) is 13.2 Å². The Hall–Kier alpha value is -2.48. The molecular formula is C21H26F3N3O2. The van der Waals surface area contributed by atoms with Crippen molar-refractivity contribution in [3.63, 3.8) is 0 Å². The molecule has 2 N–H and O–H groups in total. The van der Waals surface area contributed by atoms with Crippen LogP contribution in [0.3, 0.4) is 0 Å². The van der Waals surface area contributed by atoms with E-state index < -0.39 is 11.7 Å². The number of nitrogens with zero attached hydrogens (tertiary/aromatic N) is 1. The first kappa shape index (κ1) is 21.2. The van der Waals surface area contributed by atoms with Gasteiger partial charge in [0, 0.05) is 32.0 Å². The number of nitrogens with one attached hydrogen (secondary N) is 2. The minimum atomic E-state index is -4.36. The monoisotopic (exact) mass is 409 g/mol. The summed E-state index contributed by atoms with van der Waals surface area (Å²) in [5.41, 5.74) is -0.111. The van der Waals surface area contributed by atoms with Crippen LogP contribution in [-0.2, 0) is 17.3 Å². The van der Waals surface area contributed by atoms with Crippen molar-refractivity contribution >= 4 is 5.96 Å². The summed E-state index contributed by atoms with van der Waals surface area (Å²) in [6, 6.07) is 8.74. The number of alkyl halides is 3. The molecule has 0 amide bonds. The third kappa shape index (κ3) is 6.52. The fraction of sp³-hybridized carbons (Fsp3) is 0.476. The van der Waals surface area contributed by atoms with Crippen LogP contribution in [0.5, 0.6) is 0 Å². The molecule has 5 nitrogen and oxygen atoms in total. The Labute approximate surface area is 168 Å².